The maximum absolute atomic E-state index is 11.3. The van der Waals surface area contributed by atoms with Crippen LogP contribution in [0.25, 0.3) is 0 Å². The minimum absolute atomic E-state index is 0.0979. The van der Waals surface area contributed by atoms with Gasteiger partial charge < -0.3 is 0 Å². The fraction of sp³-hybridized carbons (Fsp3) is 0.333. The SMILES string of the molecule is C=C/C=C(C=C)/C=C/C(=O)CC(=O)/C=C/C.CC.CC. The van der Waals surface area contributed by atoms with E-state index in [2.05, 4.69) is 13.2 Å². The summed E-state index contributed by atoms with van der Waals surface area (Å²) in [4.78, 5) is 22.4. The third kappa shape index (κ3) is 16.0. The number of hydrogen-bond donors (Lipinski definition) is 0. The van der Waals surface area contributed by atoms with Crippen LogP contribution in [0.1, 0.15) is 41.0 Å². The van der Waals surface area contributed by atoms with Crippen molar-refractivity contribution in [2.45, 2.75) is 41.0 Å². The van der Waals surface area contributed by atoms with Crippen LogP contribution in [0, 0.1) is 0 Å². The highest BCUT2D eigenvalue weighted by atomic mass is 16.1. The maximum atomic E-state index is 11.3. The Bertz CT molecular complexity index is 369. The molecule has 2 heteroatoms. The molecule has 0 aromatic rings. The molecule has 0 bridgehead atoms. The number of hydrogen-bond acceptors (Lipinski definition) is 2. The molecule has 2 nitrogen and oxygen atoms in total. The number of carbonyl (C=O) groups is 2. The third-order valence-electron chi connectivity index (χ3n) is 1.71. The first kappa shape index (κ1) is 23.2. The van der Waals surface area contributed by atoms with Crippen molar-refractivity contribution in [2.24, 2.45) is 0 Å². The first-order valence-electron chi connectivity index (χ1n) is 6.95. The maximum Gasteiger partial charge on any atom is 0.163 e. The van der Waals surface area contributed by atoms with Crippen molar-refractivity contribution in [3.63, 3.8) is 0 Å². The van der Waals surface area contributed by atoms with E-state index in [9.17, 15) is 9.59 Å². The van der Waals surface area contributed by atoms with Gasteiger partial charge >= 0.3 is 0 Å². The first-order chi connectivity index (χ1) is 9.63. The van der Waals surface area contributed by atoms with E-state index in [1.54, 1.807) is 37.3 Å². The summed E-state index contributed by atoms with van der Waals surface area (Å²) in [5, 5.41) is 0. The standard InChI is InChI=1S/C14H16O2.2C2H6/c1-4-7-12(6-3)9-10-14(16)11-13(15)8-5-2;2*1-2/h4-10H,1,3,11H2,2H3;2*1-2H3/b8-5+,10-9+,12-7+;;. The molecule has 0 unspecified atom stereocenters. The van der Waals surface area contributed by atoms with Gasteiger partial charge in [0.15, 0.2) is 11.6 Å². The molecule has 20 heavy (non-hydrogen) atoms. The molecule has 0 saturated carbocycles. The van der Waals surface area contributed by atoms with E-state index >= 15 is 0 Å². The van der Waals surface area contributed by atoms with Crippen molar-refractivity contribution in [3.8, 4) is 0 Å². The van der Waals surface area contributed by atoms with Crippen molar-refractivity contribution in [2.75, 3.05) is 0 Å². The molecule has 0 aliphatic heterocycles. The molecule has 0 amide bonds. The molecule has 0 N–H and O–H groups in total. The summed E-state index contributed by atoms with van der Waals surface area (Å²) in [7, 11) is 0. The van der Waals surface area contributed by atoms with Gasteiger partial charge in [0.1, 0.15) is 0 Å². The predicted octanol–water partition coefficient (Wildman–Crippen LogP) is 5.00. The number of carbonyl (C=O) groups excluding carboxylic acids is 2. The molecule has 0 fully saturated rings. The molecule has 0 spiro atoms. The van der Waals surface area contributed by atoms with E-state index in [0.717, 1.165) is 5.57 Å². The van der Waals surface area contributed by atoms with Gasteiger partial charge in [-0.1, -0.05) is 71.2 Å². The smallest absolute Gasteiger partial charge is 0.163 e. The van der Waals surface area contributed by atoms with E-state index < -0.39 is 0 Å². The topological polar surface area (TPSA) is 34.1 Å². The molecular weight excluding hydrogens is 248 g/mol. The lowest BCUT2D eigenvalue weighted by molar-refractivity contribution is -0.121. The van der Waals surface area contributed by atoms with Crippen LogP contribution < -0.4 is 0 Å². The lowest BCUT2D eigenvalue weighted by Gasteiger charge is -1.92. The van der Waals surface area contributed by atoms with Gasteiger partial charge in [-0.05, 0) is 24.6 Å². The number of ketones is 2. The minimum atomic E-state index is -0.222. The van der Waals surface area contributed by atoms with Crippen molar-refractivity contribution >= 4 is 11.6 Å². The van der Waals surface area contributed by atoms with Gasteiger partial charge in [0.05, 0.1) is 6.42 Å². The third-order valence-corrected chi connectivity index (χ3v) is 1.71. The summed E-state index contributed by atoms with van der Waals surface area (Å²) >= 11 is 0. The second-order valence-corrected chi connectivity index (χ2v) is 3.05. The summed E-state index contributed by atoms with van der Waals surface area (Å²) in [6.45, 7) is 16.9. The van der Waals surface area contributed by atoms with E-state index in [4.69, 9.17) is 0 Å². The summed E-state index contributed by atoms with van der Waals surface area (Å²) in [6.07, 6.45) is 10.8. The van der Waals surface area contributed by atoms with Gasteiger partial charge in [0.25, 0.3) is 0 Å². The Hall–Kier alpha value is -1.96. The van der Waals surface area contributed by atoms with Crippen molar-refractivity contribution < 1.29 is 9.59 Å². The predicted molar refractivity (Wildman–Crippen MR) is 89.8 cm³/mol. The van der Waals surface area contributed by atoms with Gasteiger partial charge in [-0.2, -0.15) is 0 Å². The highest BCUT2D eigenvalue weighted by Gasteiger charge is 2.02. The Morgan fingerprint density at radius 2 is 1.40 bits per heavy atom. The Morgan fingerprint density at radius 3 is 1.80 bits per heavy atom. The van der Waals surface area contributed by atoms with Crippen molar-refractivity contribution in [1.29, 1.82) is 0 Å². The normalized spacial score (nSPS) is 10.2. The largest absolute Gasteiger partial charge is 0.294 e. The zero-order chi connectivity index (χ0) is 16.4. The van der Waals surface area contributed by atoms with Crippen LogP contribution in [0.5, 0.6) is 0 Å². The van der Waals surface area contributed by atoms with Crippen LogP contribution in [-0.2, 0) is 9.59 Å². The number of rotatable bonds is 7. The minimum Gasteiger partial charge on any atom is -0.294 e. The average molecular weight is 276 g/mol. The summed E-state index contributed by atoms with van der Waals surface area (Å²) < 4.78 is 0. The van der Waals surface area contributed by atoms with E-state index in [1.165, 1.54) is 12.2 Å². The lowest BCUT2D eigenvalue weighted by Crippen LogP contribution is -2.01. The molecule has 112 valence electrons. The van der Waals surface area contributed by atoms with E-state index in [-0.39, 0.29) is 18.0 Å². The molecule has 0 aliphatic rings. The molecular formula is C18H28O2. The molecule has 0 radical (unpaired) electrons. The molecule has 0 heterocycles. The fourth-order valence-electron chi connectivity index (χ4n) is 0.992. The monoisotopic (exact) mass is 276 g/mol. The molecule has 0 aromatic carbocycles. The van der Waals surface area contributed by atoms with Crippen LogP contribution in [0.2, 0.25) is 0 Å². The Kier molecular flexibility index (Phi) is 22.4. The van der Waals surface area contributed by atoms with Crippen molar-refractivity contribution in [3.05, 3.63) is 61.3 Å². The summed E-state index contributed by atoms with van der Waals surface area (Å²) in [6, 6.07) is 0. The van der Waals surface area contributed by atoms with Crippen LogP contribution in [0.3, 0.4) is 0 Å². The fourth-order valence-corrected chi connectivity index (χ4v) is 0.992. The van der Waals surface area contributed by atoms with Crippen molar-refractivity contribution in [1.82, 2.24) is 0 Å². The van der Waals surface area contributed by atoms with E-state index in [0.29, 0.717) is 0 Å². The molecule has 0 atom stereocenters. The van der Waals surface area contributed by atoms with Gasteiger partial charge in [-0.25, -0.2) is 0 Å². The molecule has 0 rings (SSSR count). The second kappa shape index (κ2) is 19.4. The molecule has 0 aromatic heterocycles. The average Bonchev–Trinajstić information content (AvgIpc) is 2.47. The highest BCUT2D eigenvalue weighted by molar-refractivity contribution is 6.08. The second-order valence-electron chi connectivity index (χ2n) is 3.05. The first-order valence-corrected chi connectivity index (χ1v) is 6.95. The molecule has 0 saturated heterocycles. The van der Waals surface area contributed by atoms with Crippen LogP contribution in [0.4, 0.5) is 0 Å². The van der Waals surface area contributed by atoms with Gasteiger partial charge in [-0.15, -0.1) is 0 Å². The Labute approximate surface area is 124 Å². The Balaban J connectivity index is -0.000000656. The van der Waals surface area contributed by atoms with Crippen LogP contribution >= 0.6 is 0 Å². The van der Waals surface area contributed by atoms with Gasteiger partial charge in [0, 0.05) is 0 Å². The van der Waals surface area contributed by atoms with Crippen LogP contribution in [-0.4, -0.2) is 11.6 Å². The molecule has 0 aliphatic carbocycles. The number of allylic oxidation sites excluding steroid dienone is 8. The van der Waals surface area contributed by atoms with E-state index in [1.807, 2.05) is 27.7 Å². The highest BCUT2D eigenvalue weighted by Crippen LogP contribution is 2.00. The summed E-state index contributed by atoms with van der Waals surface area (Å²) in [5.41, 5.74) is 0.779. The quantitative estimate of drug-likeness (QED) is 0.372. The zero-order valence-corrected chi connectivity index (χ0v) is 13.5. The van der Waals surface area contributed by atoms with Gasteiger partial charge in [0.2, 0.25) is 0 Å². The van der Waals surface area contributed by atoms with Gasteiger partial charge in [-0.3, -0.25) is 9.59 Å². The lowest BCUT2D eigenvalue weighted by atomic mass is 10.1. The summed E-state index contributed by atoms with van der Waals surface area (Å²) in [5.74, 6) is -0.412. The Morgan fingerprint density at radius 1 is 0.900 bits per heavy atom. The van der Waals surface area contributed by atoms with Crippen LogP contribution in [0.15, 0.2) is 61.3 Å². The zero-order valence-electron chi connectivity index (χ0n) is 13.5.